The number of hydrogen-bond donors (Lipinski definition) is 11. The van der Waals surface area contributed by atoms with Crippen LogP contribution in [0.1, 0.15) is 0 Å². The van der Waals surface area contributed by atoms with Crippen LogP contribution in [0.4, 0.5) is 0 Å². The van der Waals surface area contributed by atoms with E-state index in [4.69, 9.17) is 66.4 Å². The molecule has 28 heavy (non-hydrogen) atoms. The van der Waals surface area contributed by atoms with Crippen molar-refractivity contribution in [1.29, 1.82) is 0 Å². The molecule has 0 bridgehead atoms. The summed E-state index contributed by atoms with van der Waals surface area (Å²) in [5, 5.41) is 92.2. The molecule has 168 valence electrons. The second kappa shape index (κ2) is 14.6. The first-order valence-electron chi connectivity index (χ1n) is 7.36. The van der Waals surface area contributed by atoms with Gasteiger partial charge in [0.1, 0.15) is 36.6 Å². The Labute approximate surface area is 156 Å². The van der Waals surface area contributed by atoms with Gasteiger partial charge in [0.25, 0.3) is 0 Å². The third kappa shape index (κ3) is 7.54. The molecule has 0 saturated carbocycles. The van der Waals surface area contributed by atoms with Crippen LogP contribution in [0.3, 0.4) is 0 Å². The third-order valence-corrected chi connectivity index (χ3v) is 3.61. The predicted molar refractivity (Wildman–Crippen MR) is 83.0 cm³/mol. The molecule has 2 saturated heterocycles. The normalized spacial score (nSPS) is 39.7. The Morgan fingerprint density at radius 1 is 0.679 bits per heavy atom. The minimum absolute atomic E-state index is 0.526. The lowest BCUT2D eigenvalue weighted by Gasteiger charge is -2.37. The van der Waals surface area contributed by atoms with Gasteiger partial charge in [-0.2, -0.15) is 0 Å². The molecule has 0 aliphatic carbocycles. The molecule has 0 amide bonds. The zero-order valence-electron chi connectivity index (χ0n) is 14.1. The molecule has 0 aromatic heterocycles. The fourth-order valence-electron chi connectivity index (χ4n) is 2.06. The van der Waals surface area contributed by atoms with Crippen LogP contribution in [0.25, 0.3) is 0 Å². The average molecular weight is 424 g/mol. The molecule has 2 heterocycles. The summed E-state index contributed by atoms with van der Waals surface area (Å²) in [6.07, 6.45) is -13.0. The van der Waals surface area contributed by atoms with E-state index < -0.39 is 74.3 Å². The van der Waals surface area contributed by atoms with Gasteiger partial charge < -0.3 is 55.4 Å². The standard InChI is InChI=1S/C6H12O6.C6H10O6.H2O2.O2/c2*7-1-2-3(8)4(9)5(10)6(11)12-2;2*1-2/h2-11H,1H2;2-5,7-10H,1H2;1-2H;. The maximum atomic E-state index is 10.7. The summed E-state index contributed by atoms with van der Waals surface area (Å²) in [6, 6.07) is 0. The van der Waals surface area contributed by atoms with Gasteiger partial charge in [-0.3, -0.25) is 10.5 Å². The van der Waals surface area contributed by atoms with Crippen molar-refractivity contribution < 1.29 is 70.7 Å². The summed E-state index contributed by atoms with van der Waals surface area (Å²) in [7, 11) is 0. The lowest BCUT2D eigenvalue weighted by Crippen LogP contribution is -2.58. The van der Waals surface area contributed by atoms with E-state index in [1.165, 1.54) is 0 Å². The SMILES string of the molecule is O=C1OC(CO)C(O)C(O)C1O.O=O.OCC1OC(O)C(O)C(O)C1O.OO. The molecule has 0 aromatic carbocycles. The fourth-order valence-corrected chi connectivity index (χ4v) is 2.06. The number of esters is 1. The van der Waals surface area contributed by atoms with E-state index in [0.29, 0.717) is 0 Å². The van der Waals surface area contributed by atoms with E-state index in [1.54, 1.807) is 0 Å². The summed E-state index contributed by atoms with van der Waals surface area (Å²) in [5.41, 5.74) is 0. The number of carbonyl (C=O) groups excluding carboxylic acids is 1. The molecule has 2 fully saturated rings. The summed E-state index contributed by atoms with van der Waals surface area (Å²) < 4.78 is 8.96. The van der Waals surface area contributed by atoms with Crippen molar-refractivity contribution in [1.82, 2.24) is 0 Å². The lowest BCUT2D eigenvalue weighted by molar-refractivity contribution is -0.286. The number of aliphatic hydroxyl groups is 9. The van der Waals surface area contributed by atoms with Crippen molar-refractivity contribution in [3.8, 4) is 0 Å². The van der Waals surface area contributed by atoms with Gasteiger partial charge in [0.2, 0.25) is 0 Å². The fraction of sp³-hybridized carbons (Fsp3) is 0.917. The van der Waals surface area contributed by atoms with E-state index in [-0.39, 0.29) is 0 Å². The van der Waals surface area contributed by atoms with Crippen LogP contribution in [0.5, 0.6) is 0 Å². The van der Waals surface area contributed by atoms with Crippen LogP contribution >= 0.6 is 0 Å². The molecule has 11 N–H and O–H groups in total. The van der Waals surface area contributed by atoms with Gasteiger partial charge in [-0.05, 0) is 0 Å². The highest BCUT2D eigenvalue weighted by Crippen LogP contribution is 2.19. The van der Waals surface area contributed by atoms with Gasteiger partial charge in [-0.25, -0.2) is 4.79 Å². The van der Waals surface area contributed by atoms with E-state index in [1.807, 2.05) is 0 Å². The molecular formula is C12H24O16. The topological polar surface area (TPSA) is 292 Å². The number of hydrogen-bond acceptors (Lipinski definition) is 16. The largest absolute Gasteiger partial charge is 0.455 e. The highest BCUT2D eigenvalue weighted by molar-refractivity contribution is 5.76. The van der Waals surface area contributed by atoms with Crippen LogP contribution < -0.4 is 0 Å². The summed E-state index contributed by atoms with van der Waals surface area (Å²) >= 11 is 0. The first-order chi connectivity index (χ1) is 13.1. The molecular weight excluding hydrogens is 400 g/mol. The zero-order valence-corrected chi connectivity index (χ0v) is 14.1. The van der Waals surface area contributed by atoms with Gasteiger partial charge in [-0.1, -0.05) is 0 Å². The maximum absolute atomic E-state index is 10.7. The molecule has 2 aliphatic rings. The van der Waals surface area contributed by atoms with Crippen LogP contribution in [0.15, 0.2) is 0 Å². The average Bonchev–Trinajstić information content (AvgIpc) is 2.73. The van der Waals surface area contributed by atoms with Crippen molar-refractivity contribution >= 4 is 5.97 Å². The Kier molecular flexibility index (Phi) is 15.0. The summed E-state index contributed by atoms with van der Waals surface area (Å²) in [5.74, 6) is -1.04. The summed E-state index contributed by atoms with van der Waals surface area (Å²) in [4.78, 5) is 24.7. The Hall–Kier alpha value is -1.41. The molecule has 0 radical (unpaired) electrons. The Morgan fingerprint density at radius 3 is 1.54 bits per heavy atom. The van der Waals surface area contributed by atoms with Gasteiger partial charge in [0.15, 0.2) is 18.5 Å². The first kappa shape index (κ1) is 28.8. The smallest absolute Gasteiger partial charge is 0.338 e. The van der Waals surface area contributed by atoms with Gasteiger partial charge in [0.05, 0.1) is 13.2 Å². The molecule has 9 unspecified atom stereocenters. The molecule has 0 spiro atoms. The van der Waals surface area contributed by atoms with E-state index in [0.717, 1.165) is 0 Å². The van der Waals surface area contributed by atoms with Crippen molar-refractivity contribution in [2.45, 2.75) is 55.1 Å². The Balaban J connectivity index is 0. The van der Waals surface area contributed by atoms with Crippen LogP contribution in [-0.4, -0.2) is 131 Å². The van der Waals surface area contributed by atoms with Gasteiger partial charge in [-0.15, -0.1) is 0 Å². The number of aliphatic hydroxyl groups excluding tert-OH is 9. The highest BCUT2D eigenvalue weighted by atomic mass is 17.0. The maximum Gasteiger partial charge on any atom is 0.338 e. The second-order valence-electron chi connectivity index (χ2n) is 5.30. The van der Waals surface area contributed by atoms with E-state index in [9.17, 15) is 4.79 Å². The van der Waals surface area contributed by atoms with E-state index >= 15 is 0 Å². The molecule has 9 atom stereocenters. The first-order valence-corrected chi connectivity index (χ1v) is 7.36. The monoisotopic (exact) mass is 424 g/mol. The molecule has 0 aromatic rings. The van der Waals surface area contributed by atoms with Crippen molar-refractivity contribution in [3.05, 3.63) is 9.93 Å². The number of carbonyl (C=O) groups is 1. The summed E-state index contributed by atoms with van der Waals surface area (Å²) in [6.45, 7) is -1.11. The van der Waals surface area contributed by atoms with Crippen LogP contribution in [0.2, 0.25) is 0 Å². The van der Waals surface area contributed by atoms with Crippen molar-refractivity contribution in [2.24, 2.45) is 0 Å². The highest BCUT2D eigenvalue weighted by Gasteiger charge is 2.43. The van der Waals surface area contributed by atoms with Gasteiger partial charge >= 0.3 is 5.97 Å². The predicted octanol–water partition coefficient (Wildman–Crippen LogP) is -6.15. The van der Waals surface area contributed by atoms with E-state index in [2.05, 4.69) is 9.47 Å². The molecule has 16 nitrogen and oxygen atoms in total. The Bertz CT molecular complexity index is 416. The molecule has 2 aliphatic heterocycles. The minimum atomic E-state index is -1.73. The molecule has 16 heteroatoms. The van der Waals surface area contributed by atoms with Crippen LogP contribution in [-0.2, 0) is 14.3 Å². The van der Waals surface area contributed by atoms with Crippen molar-refractivity contribution in [2.75, 3.05) is 13.2 Å². The second-order valence-corrected chi connectivity index (χ2v) is 5.30. The number of ether oxygens (including phenoxy) is 2. The third-order valence-electron chi connectivity index (χ3n) is 3.61. The van der Waals surface area contributed by atoms with Gasteiger partial charge in [0, 0.05) is 9.93 Å². The Morgan fingerprint density at radius 2 is 1.11 bits per heavy atom. The molecule has 2 rings (SSSR count). The minimum Gasteiger partial charge on any atom is -0.455 e. The zero-order chi connectivity index (χ0) is 22.6. The van der Waals surface area contributed by atoms with Crippen LogP contribution in [0, 0.1) is 9.93 Å². The lowest BCUT2D eigenvalue weighted by atomic mass is 10.00. The number of rotatable bonds is 2. The van der Waals surface area contributed by atoms with Crippen molar-refractivity contribution in [3.63, 3.8) is 0 Å². The quantitative estimate of drug-likeness (QED) is 0.112. The number of cyclic esters (lactones) is 1.